The van der Waals surface area contributed by atoms with Gasteiger partial charge in [0, 0.05) is 26.4 Å². The van der Waals surface area contributed by atoms with E-state index in [1.54, 1.807) is 0 Å². The Labute approximate surface area is 326 Å². The molecule has 0 radical (unpaired) electrons. The fourth-order valence-corrected chi connectivity index (χ4v) is 10.4. The molecule has 55 heavy (non-hydrogen) atoms. The van der Waals surface area contributed by atoms with Crippen LogP contribution < -0.4 is 4.90 Å². The van der Waals surface area contributed by atoms with E-state index in [1.807, 2.05) is 11.8 Å². The van der Waals surface area contributed by atoms with Crippen LogP contribution in [-0.2, 0) is 5.41 Å². The van der Waals surface area contributed by atoms with E-state index in [-0.39, 0.29) is 0 Å². The predicted octanol–water partition coefficient (Wildman–Crippen LogP) is 14.5. The molecule has 0 unspecified atom stereocenters. The number of rotatable bonds is 5. The van der Waals surface area contributed by atoms with Gasteiger partial charge in [-0.3, -0.25) is 0 Å². The van der Waals surface area contributed by atoms with E-state index in [0.717, 1.165) is 17.1 Å². The second-order valence-electron chi connectivity index (χ2n) is 14.4. The topological polar surface area (TPSA) is 3.24 Å². The van der Waals surface area contributed by atoms with Gasteiger partial charge < -0.3 is 4.90 Å². The Bertz CT molecular complexity index is 2850. The fraction of sp³-hybridized carbons (Fsp3) is 0.0189. The van der Waals surface area contributed by atoms with Gasteiger partial charge in [-0.2, -0.15) is 0 Å². The summed E-state index contributed by atoms with van der Waals surface area (Å²) in [6, 6.07) is 78.2. The van der Waals surface area contributed by atoms with Gasteiger partial charge in [0.15, 0.2) is 0 Å². The van der Waals surface area contributed by atoms with Crippen LogP contribution in [0.25, 0.3) is 44.2 Å². The van der Waals surface area contributed by atoms with Crippen LogP contribution in [0.5, 0.6) is 0 Å². The highest BCUT2D eigenvalue weighted by Crippen LogP contribution is 2.62. The standard InChI is InChI=1S/C53H35NS/c1-3-16-36(17-4-1)37-30-32-40(33-31-37)54(49-27-13-9-21-41(49)38-18-5-2-6-19-38)50-28-15-20-39-34-48-52(35-44(39)50)55-51-29-14-12-26-47(51)53(48)45-24-10-7-22-42(45)43-23-8-11-25-46(43)53/h1-35H. The smallest absolute Gasteiger partial charge is 0.0735 e. The monoisotopic (exact) mass is 717 g/mol. The molecule has 11 rings (SSSR count). The van der Waals surface area contributed by atoms with Crippen molar-refractivity contribution in [2.24, 2.45) is 0 Å². The first-order valence-corrected chi connectivity index (χ1v) is 19.7. The molecule has 0 amide bonds. The maximum absolute atomic E-state index is 2.50. The Morgan fingerprint density at radius 2 is 0.891 bits per heavy atom. The molecule has 2 aliphatic rings. The summed E-state index contributed by atoms with van der Waals surface area (Å²) in [6.45, 7) is 0. The minimum absolute atomic E-state index is 0.415. The van der Waals surface area contributed by atoms with E-state index in [2.05, 4.69) is 217 Å². The molecule has 0 N–H and O–H groups in total. The van der Waals surface area contributed by atoms with Crippen LogP contribution in [0.1, 0.15) is 22.3 Å². The van der Waals surface area contributed by atoms with Gasteiger partial charge >= 0.3 is 0 Å². The van der Waals surface area contributed by atoms with Gasteiger partial charge in [-0.1, -0.05) is 182 Å². The zero-order chi connectivity index (χ0) is 36.3. The highest BCUT2D eigenvalue weighted by molar-refractivity contribution is 7.99. The van der Waals surface area contributed by atoms with Crippen LogP contribution in [0.2, 0.25) is 0 Å². The normalized spacial score (nSPS) is 13.2. The third-order valence-corrected chi connectivity index (χ3v) is 12.7. The molecule has 0 saturated carbocycles. The molecule has 0 fully saturated rings. The van der Waals surface area contributed by atoms with E-state index in [9.17, 15) is 0 Å². The Balaban J connectivity index is 1.17. The fourth-order valence-electron chi connectivity index (χ4n) is 9.18. The molecular weight excluding hydrogens is 683 g/mol. The lowest BCUT2D eigenvalue weighted by Crippen LogP contribution is -2.32. The lowest BCUT2D eigenvalue weighted by Gasteiger charge is -2.40. The zero-order valence-corrected chi connectivity index (χ0v) is 30.9. The van der Waals surface area contributed by atoms with Crippen molar-refractivity contribution in [3.05, 3.63) is 235 Å². The molecule has 1 spiro atoms. The number of anilines is 3. The van der Waals surface area contributed by atoms with E-state index < -0.39 is 5.41 Å². The largest absolute Gasteiger partial charge is 0.309 e. The van der Waals surface area contributed by atoms with Crippen LogP contribution in [-0.4, -0.2) is 0 Å². The van der Waals surface area contributed by atoms with Crippen LogP contribution in [0.15, 0.2) is 222 Å². The van der Waals surface area contributed by atoms with Gasteiger partial charge in [0.1, 0.15) is 0 Å². The Morgan fingerprint density at radius 1 is 0.345 bits per heavy atom. The van der Waals surface area contributed by atoms with Gasteiger partial charge in [0.25, 0.3) is 0 Å². The molecule has 1 heterocycles. The Hall–Kier alpha value is -6.61. The quantitative estimate of drug-likeness (QED) is 0.174. The number of benzene rings is 9. The summed E-state index contributed by atoms with van der Waals surface area (Å²) in [7, 11) is 0. The molecular formula is C53H35NS. The Morgan fingerprint density at radius 3 is 1.60 bits per heavy atom. The number of nitrogens with zero attached hydrogens (tertiary/aromatic N) is 1. The second-order valence-corrected chi connectivity index (χ2v) is 15.5. The van der Waals surface area contributed by atoms with Crippen molar-refractivity contribution in [3.63, 3.8) is 0 Å². The molecule has 9 aromatic rings. The van der Waals surface area contributed by atoms with E-state index in [0.29, 0.717) is 0 Å². The predicted molar refractivity (Wildman–Crippen MR) is 231 cm³/mol. The molecule has 9 aromatic carbocycles. The second kappa shape index (κ2) is 12.8. The molecule has 258 valence electrons. The number of para-hydroxylation sites is 1. The lowest BCUT2D eigenvalue weighted by atomic mass is 9.67. The average Bonchev–Trinajstić information content (AvgIpc) is 3.55. The van der Waals surface area contributed by atoms with Gasteiger partial charge in [0.2, 0.25) is 0 Å². The maximum atomic E-state index is 2.50. The first-order valence-electron chi connectivity index (χ1n) is 18.9. The van der Waals surface area contributed by atoms with Crippen LogP contribution in [0.3, 0.4) is 0 Å². The number of hydrogen-bond donors (Lipinski definition) is 0. The summed E-state index contributed by atoms with van der Waals surface area (Å²) < 4.78 is 0. The molecule has 1 nitrogen and oxygen atoms in total. The first kappa shape index (κ1) is 31.9. The van der Waals surface area contributed by atoms with Gasteiger partial charge in [0.05, 0.1) is 16.8 Å². The third-order valence-electron chi connectivity index (χ3n) is 11.5. The SMILES string of the molecule is c1ccc(-c2ccc(N(c3ccccc3-c3ccccc3)c3cccc4cc5c(cc34)Sc3ccccc3C53c4ccccc4-c4ccccc43)cc2)cc1. The first-order chi connectivity index (χ1) is 27.3. The molecule has 0 bridgehead atoms. The molecule has 0 aromatic heterocycles. The Kier molecular flexibility index (Phi) is 7.40. The van der Waals surface area contributed by atoms with Gasteiger partial charge in [-0.25, -0.2) is 0 Å². The summed E-state index contributed by atoms with van der Waals surface area (Å²) in [5.41, 5.74) is 15.8. The van der Waals surface area contributed by atoms with Crippen LogP contribution in [0.4, 0.5) is 17.1 Å². The summed E-state index contributed by atoms with van der Waals surface area (Å²) in [5, 5.41) is 2.44. The summed E-state index contributed by atoms with van der Waals surface area (Å²) in [4.78, 5) is 5.06. The van der Waals surface area contributed by atoms with Crippen molar-refractivity contribution in [2.75, 3.05) is 4.90 Å². The van der Waals surface area contributed by atoms with Crippen molar-refractivity contribution in [2.45, 2.75) is 15.2 Å². The highest BCUT2D eigenvalue weighted by Gasteiger charge is 2.50. The van der Waals surface area contributed by atoms with Crippen molar-refractivity contribution in [1.82, 2.24) is 0 Å². The number of hydrogen-bond acceptors (Lipinski definition) is 2. The van der Waals surface area contributed by atoms with E-state index in [1.165, 1.54) is 76.2 Å². The zero-order valence-electron chi connectivity index (χ0n) is 30.1. The van der Waals surface area contributed by atoms with Crippen molar-refractivity contribution in [1.29, 1.82) is 0 Å². The average molecular weight is 718 g/mol. The lowest BCUT2D eigenvalue weighted by molar-refractivity contribution is 0.724. The molecule has 1 aliphatic carbocycles. The van der Waals surface area contributed by atoms with Crippen LogP contribution in [0, 0.1) is 0 Å². The highest BCUT2D eigenvalue weighted by atomic mass is 32.2. The summed E-state index contributed by atoms with van der Waals surface area (Å²) in [5.74, 6) is 0. The molecule has 1 aliphatic heterocycles. The van der Waals surface area contributed by atoms with Gasteiger partial charge in [-0.15, -0.1) is 0 Å². The third kappa shape index (κ3) is 4.88. The van der Waals surface area contributed by atoms with Gasteiger partial charge in [-0.05, 0) is 97.9 Å². The molecule has 2 heteroatoms. The van der Waals surface area contributed by atoms with Crippen LogP contribution >= 0.6 is 11.8 Å². The van der Waals surface area contributed by atoms with Crippen molar-refractivity contribution >= 4 is 39.6 Å². The van der Waals surface area contributed by atoms with Crippen molar-refractivity contribution in [3.8, 4) is 33.4 Å². The molecule has 0 atom stereocenters. The van der Waals surface area contributed by atoms with E-state index >= 15 is 0 Å². The maximum Gasteiger partial charge on any atom is 0.0735 e. The minimum Gasteiger partial charge on any atom is -0.309 e. The minimum atomic E-state index is -0.415. The number of fused-ring (bicyclic) bond motifs is 10. The summed E-state index contributed by atoms with van der Waals surface area (Å²) >= 11 is 1.90. The van der Waals surface area contributed by atoms with Crippen molar-refractivity contribution < 1.29 is 0 Å². The van der Waals surface area contributed by atoms with E-state index in [4.69, 9.17) is 0 Å². The summed E-state index contributed by atoms with van der Waals surface area (Å²) in [6.07, 6.45) is 0. The molecule has 0 saturated heterocycles.